The molecule has 1 aromatic heterocycles. The molecule has 0 bridgehead atoms. The molecule has 2 amide bonds. The number of nitrogens with zero attached hydrogens (tertiary/aromatic N) is 3. The molecule has 0 aliphatic carbocycles. The largest absolute Gasteiger partial charge is 0.444 e. The zero-order valence-corrected chi connectivity index (χ0v) is 17.1. The van der Waals surface area contributed by atoms with Crippen LogP contribution in [0.2, 0.25) is 0 Å². The summed E-state index contributed by atoms with van der Waals surface area (Å²) in [4.78, 5) is 31.1. The Morgan fingerprint density at radius 2 is 2.07 bits per heavy atom. The molecular weight excluding hydrogens is 356 g/mol. The molecule has 0 spiro atoms. The van der Waals surface area contributed by atoms with Gasteiger partial charge in [0.1, 0.15) is 11.6 Å². The molecule has 1 N–H and O–H groups in total. The summed E-state index contributed by atoms with van der Waals surface area (Å²) >= 11 is 0. The van der Waals surface area contributed by atoms with E-state index in [1.807, 2.05) is 56.5 Å². The summed E-state index contributed by atoms with van der Waals surface area (Å²) in [5, 5.41) is 3.00. The number of para-hydroxylation sites is 2. The highest BCUT2D eigenvalue weighted by atomic mass is 16.6. The van der Waals surface area contributed by atoms with Crippen LogP contribution in [0.5, 0.6) is 0 Å². The van der Waals surface area contributed by atoms with Crippen LogP contribution in [0.15, 0.2) is 30.6 Å². The normalized spacial score (nSPS) is 18.3. The van der Waals surface area contributed by atoms with Crippen LogP contribution in [-0.2, 0) is 9.53 Å². The standard InChI is InChI=1S/C21H30N4O3/c1-15(25-14-23-17-9-5-6-10-18(17)25)19(26)22-12-11-16-8-7-13-24(16)20(27)28-21(2,3)4/h5-6,9-10,14-16H,7-8,11-13H2,1-4H3,(H,22,26)/t15?,16-/m0/s1. The molecule has 1 aliphatic heterocycles. The first kappa shape index (κ1) is 20.2. The van der Waals surface area contributed by atoms with Crippen molar-refractivity contribution >= 4 is 23.0 Å². The number of likely N-dealkylation sites (tertiary alicyclic amines) is 1. The van der Waals surface area contributed by atoms with Crippen LogP contribution in [0.1, 0.15) is 53.0 Å². The molecule has 2 heterocycles. The van der Waals surface area contributed by atoms with Crippen molar-refractivity contribution in [2.24, 2.45) is 0 Å². The van der Waals surface area contributed by atoms with Gasteiger partial charge in [0.2, 0.25) is 5.91 Å². The molecule has 152 valence electrons. The molecule has 1 unspecified atom stereocenters. The number of hydrogen-bond donors (Lipinski definition) is 1. The molecule has 0 radical (unpaired) electrons. The number of aromatic nitrogens is 2. The molecule has 7 nitrogen and oxygen atoms in total. The molecule has 28 heavy (non-hydrogen) atoms. The molecule has 1 saturated heterocycles. The minimum Gasteiger partial charge on any atom is -0.444 e. The SMILES string of the molecule is CC(C(=O)NCC[C@@H]1CCCN1C(=O)OC(C)(C)C)n1cnc2ccccc21. The lowest BCUT2D eigenvalue weighted by molar-refractivity contribution is -0.123. The molecular formula is C21H30N4O3. The van der Waals surface area contributed by atoms with E-state index >= 15 is 0 Å². The van der Waals surface area contributed by atoms with Crippen LogP contribution in [0.25, 0.3) is 11.0 Å². The van der Waals surface area contributed by atoms with E-state index in [-0.39, 0.29) is 24.1 Å². The van der Waals surface area contributed by atoms with E-state index < -0.39 is 5.60 Å². The van der Waals surface area contributed by atoms with Gasteiger partial charge in [0.25, 0.3) is 0 Å². The average Bonchev–Trinajstić information content (AvgIpc) is 3.26. The van der Waals surface area contributed by atoms with Crippen LogP contribution >= 0.6 is 0 Å². The molecule has 1 fully saturated rings. The van der Waals surface area contributed by atoms with Gasteiger partial charge in [-0.3, -0.25) is 4.79 Å². The van der Waals surface area contributed by atoms with Gasteiger partial charge in [-0.15, -0.1) is 0 Å². The number of nitrogens with one attached hydrogen (secondary N) is 1. The highest BCUT2D eigenvalue weighted by Gasteiger charge is 2.32. The molecule has 1 aromatic carbocycles. The number of rotatable bonds is 5. The molecule has 2 aromatic rings. The predicted octanol–water partition coefficient (Wildman–Crippen LogP) is 3.50. The van der Waals surface area contributed by atoms with Crippen LogP contribution < -0.4 is 5.32 Å². The van der Waals surface area contributed by atoms with Crippen LogP contribution in [0.3, 0.4) is 0 Å². The van der Waals surface area contributed by atoms with E-state index in [1.54, 1.807) is 11.2 Å². The Hall–Kier alpha value is -2.57. The fourth-order valence-corrected chi connectivity index (χ4v) is 3.62. The van der Waals surface area contributed by atoms with Crippen molar-refractivity contribution in [2.75, 3.05) is 13.1 Å². The summed E-state index contributed by atoms with van der Waals surface area (Å²) in [6.07, 6.45) is 4.07. The highest BCUT2D eigenvalue weighted by Crippen LogP contribution is 2.23. The number of carbonyl (C=O) groups excluding carboxylic acids is 2. The third-order valence-electron chi connectivity index (χ3n) is 5.06. The zero-order chi connectivity index (χ0) is 20.3. The number of benzene rings is 1. The monoisotopic (exact) mass is 386 g/mol. The highest BCUT2D eigenvalue weighted by molar-refractivity contribution is 5.83. The maximum atomic E-state index is 12.6. The van der Waals surface area contributed by atoms with Crippen molar-refractivity contribution in [3.8, 4) is 0 Å². The van der Waals surface area contributed by atoms with Crippen LogP contribution in [0.4, 0.5) is 4.79 Å². The van der Waals surface area contributed by atoms with E-state index in [1.165, 1.54) is 0 Å². The Kier molecular flexibility index (Phi) is 5.91. The molecule has 1 aliphatic rings. The summed E-state index contributed by atoms with van der Waals surface area (Å²) in [5.41, 5.74) is 1.32. The van der Waals surface area contributed by atoms with Gasteiger partial charge in [0.15, 0.2) is 0 Å². The van der Waals surface area contributed by atoms with Gasteiger partial charge in [-0.1, -0.05) is 12.1 Å². The maximum absolute atomic E-state index is 12.6. The molecule has 2 atom stereocenters. The van der Waals surface area contributed by atoms with Crippen molar-refractivity contribution in [2.45, 2.75) is 64.6 Å². The Morgan fingerprint density at radius 3 is 2.82 bits per heavy atom. The number of imidazole rings is 1. The topological polar surface area (TPSA) is 76.5 Å². The maximum Gasteiger partial charge on any atom is 0.410 e. The Morgan fingerprint density at radius 1 is 1.32 bits per heavy atom. The second kappa shape index (κ2) is 8.20. The van der Waals surface area contributed by atoms with Crippen molar-refractivity contribution < 1.29 is 14.3 Å². The van der Waals surface area contributed by atoms with E-state index in [4.69, 9.17) is 4.74 Å². The second-order valence-electron chi connectivity index (χ2n) is 8.37. The number of amides is 2. The minimum atomic E-state index is -0.499. The van der Waals surface area contributed by atoms with Crippen molar-refractivity contribution in [1.82, 2.24) is 19.8 Å². The Labute approximate surface area is 166 Å². The number of hydrogen-bond acceptors (Lipinski definition) is 4. The lowest BCUT2D eigenvalue weighted by Gasteiger charge is -2.28. The minimum absolute atomic E-state index is 0.0510. The van der Waals surface area contributed by atoms with Crippen LogP contribution in [-0.4, -0.2) is 51.2 Å². The van der Waals surface area contributed by atoms with Gasteiger partial charge in [-0.2, -0.15) is 0 Å². The third-order valence-corrected chi connectivity index (χ3v) is 5.06. The summed E-state index contributed by atoms with van der Waals surface area (Å²) in [6.45, 7) is 8.73. The summed E-state index contributed by atoms with van der Waals surface area (Å²) in [5.74, 6) is -0.0510. The Bertz CT molecular complexity index is 840. The van der Waals surface area contributed by atoms with Gasteiger partial charge in [-0.05, 0) is 59.1 Å². The fraction of sp³-hybridized carbons (Fsp3) is 0.571. The molecule has 0 saturated carbocycles. The molecule has 7 heteroatoms. The summed E-state index contributed by atoms with van der Waals surface area (Å²) in [7, 11) is 0. The van der Waals surface area contributed by atoms with E-state index in [0.29, 0.717) is 13.1 Å². The van der Waals surface area contributed by atoms with Gasteiger partial charge >= 0.3 is 6.09 Å². The fourth-order valence-electron chi connectivity index (χ4n) is 3.62. The van der Waals surface area contributed by atoms with Gasteiger partial charge < -0.3 is 19.5 Å². The first-order valence-electron chi connectivity index (χ1n) is 9.95. The quantitative estimate of drug-likeness (QED) is 0.853. The van der Waals surface area contributed by atoms with E-state index in [9.17, 15) is 9.59 Å². The summed E-state index contributed by atoms with van der Waals surface area (Å²) in [6, 6.07) is 7.53. The van der Waals surface area contributed by atoms with E-state index in [0.717, 1.165) is 30.3 Å². The third kappa shape index (κ3) is 4.64. The number of fused-ring (bicyclic) bond motifs is 1. The average molecular weight is 386 g/mol. The Balaban J connectivity index is 1.52. The smallest absolute Gasteiger partial charge is 0.410 e. The lowest BCUT2D eigenvalue weighted by atomic mass is 10.1. The van der Waals surface area contributed by atoms with Crippen molar-refractivity contribution in [3.05, 3.63) is 30.6 Å². The summed E-state index contributed by atoms with van der Waals surface area (Å²) < 4.78 is 7.38. The second-order valence-corrected chi connectivity index (χ2v) is 8.37. The van der Waals surface area contributed by atoms with Crippen molar-refractivity contribution in [3.63, 3.8) is 0 Å². The van der Waals surface area contributed by atoms with Crippen molar-refractivity contribution in [1.29, 1.82) is 0 Å². The number of ether oxygens (including phenoxy) is 1. The first-order valence-corrected chi connectivity index (χ1v) is 9.95. The first-order chi connectivity index (χ1) is 13.3. The van der Waals surface area contributed by atoms with Gasteiger partial charge in [0.05, 0.1) is 17.4 Å². The van der Waals surface area contributed by atoms with Gasteiger partial charge in [0, 0.05) is 19.1 Å². The zero-order valence-electron chi connectivity index (χ0n) is 17.1. The van der Waals surface area contributed by atoms with Gasteiger partial charge in [-0.25, -0.2) is 9.78 Å². The predicted molar refractivity (Wildman–Crippen MR) is 108 cm³/mol. The number of carbonyl (C=O) groups is 2. The van der Waals surface area contributed by atoms with E-state index in [2.05, 4.69) is 10.3 Å². The lowest BCUT2D eigenvalue weighted by Crippen LogP contribution is -2.41. The van der Waals surface area contributed by atoms with Crippen LogP contribution in [0, 0.1) is 0 Å². The molecule has 3 rings (SSSR count).